The number of rotatable bonds is 8. The van der Waals surface area contributed by atoms with Crippen molar-refractivity contribution in [2.45, 2.75) is 13.5 Å². The van der Waals surface area contributed by atoms with Crippen molar-refractivity contribution in [1.29, 1.82) is 5.26 Å². The molecular weight excluding hydrogens is 256 g/mol. The van der Waals surface area contributed by atoms with E-state index in [2.05, 4.69) is 6.07 Å². The number of aliphatic carboxylic acids is 1. The van der Waals surface area contributed by atoms with Crippen molar-refractivity contribution in [2.75, 3.05) is 26.8 Å². The van der Waals surface area contributed by atoms with E-state index in [1.54, 1.807) is 20.1 Å². The zero-order valence-corrected chi connectivity index (χ0v) is 11.9. The molecule has 108 valence electrons. The van der Waals surface area contributed by atoms with E-state index in [4.69, 9.17) is 15.1 Å². The first kappa shape index (κ1) is 16.2. The Balaban J connectivity index is 2.72. The summed E-state index contributed by atoms with van der Waals surface area (Å²) >= 11 is 0. The van der Waals surface area contributed by atoms with Crippen LogP contribution in [-0.2, 0) is 16.1 Å². The summed E-state index contributed by atoms with van der Waals surface area (Å²) in [5, 5.41) is 17.9. The molecule has 0 aliphatic heterocycles. The number of methoxy groups -OCH3 is 1. The van der Waals surface area contributed by atoms with Crippen LogP contribution in [0.5, 0.6) is 0 Å². The maximum Gasteiger partial charge on any atom is 0.307 e. The van der Waals surface area contributed by atoms with Gasteiger partial charge in [-0.2, -0.15) is 5.26 Å². The van der Waals surface area contributed by atoms with Gasteiger partial charge in [-0.3, -0.25) is 9.69 Å². The van der Waals surface area contributed by atoms with Crippen molar-refractivity contribution < 1.29 is 14.6 Å². The molecule has 1 N–H and O–H groups in total. The van der Waals surface area contributed by atoms with Gasteiger partial charge < -0.3 is 9.84 Å². The van der Waals surface area contributed by atoms with Gasteiger partial charge in [-0.15, -0.1) is 0 Å². The lowest BCUT2D eigenvalue weighted by Crippen LogP contribution is -2.33. The van der Waals surface area contributed by atoms with Crippen LogP contribution in [-0.4, -0.2) is 42.8 Å². The van der Waals surface area contributed by atoms with E-state index in [0.29, 0.717) is 31.8 Å². The fraction of sp³-hybridized carbons (Fsp3) is 0.467. The maximum absolute atomic E-state index is 11.0. The average molecular weight is 276 g/mol. The molecule has 0 aliphatic carbocycles. The zero-order chi connectivity index (χ0) is 15.0. The third-order valence-electron chi connectivity index (χ3n) is 3.03. The Morgan fingerprint density at radius 3 is 2.90 bits per heavy atom. The van der Waals surface area contributed by atoms with Gasteiger partial charge in [0.15, 0.2) is 0 Å². The Labute approximate surface area is 119 Å². The number of hydrogen-bond acceptors (Lipinski definition) is 4. The third kappa shape index (κ3) is 5.39. The summed E-state index contributed by atoms with van der Waals surface area (Å²) in [5.74, 6) is -1.25. The van der Waals surface area contributed by atoms with Crippen LogP contribution in [0, 0.1) is 17.2 Å². The van der Waals surface area contributed by atoms with Gasteiger partial charge in [0.05, 0.1) is 24.2 Å². The Bertz CT molecular complexity index is 482. The first-order chi connectivity index (χ1) is 9.56. The van der Waals surface area contributed by atoms with Crippen LogP contribution in [0.15, 0.2) is 24.3 Å². The van der Waals surface area contributed by atoms with Gasteiger partial charge in [0.2, 0.25) is 0 Å². The Hall–Kier alpha value is -1.90. The van der Waals surface area contributed by atoms with E-state index in [-0.39, 0.29) is 0 Å². The number of hydrogen-bond donors (Lipinski definition) is 1. The molecule has 0 radical (unpaired) electrons. The SMILES string of the molecule is COCCN(Cc1cccc(C#N)c1)CC(C)C(=O)O. The van der Waals surface area contributed by atoms with E-state index in [0.717, 1.165) is 5.56 Å². The highest BCUT2D eigenvalue weighted by atomic mass is 16.5. The van der Waals surface area contributed by atoms with E-state index < -0.39 is 11.9 Å². The van der Waals surface area contributed by atoms with E-state index in [1.807, 2.05) is 23.1 Å². The smallest absolute Gasteiger partial charge is 0.307 e. The molecule has 1 aromatic carbocycles. The second-order valence-electron chi connectivity index (χ2n) is 4.78. The molecule has 0 amide bonds. The van der Waals surface area contributed by atoms with Crippen LogP contribution >= 0.6 is 0 Å². The van der Waals surface area contributed by atoms with Crippen LogP contribution in [0.1, 0.15) is 18.1 Å². The largest absolute Gasteiger partial charge is 0.481 e. The number of nitrogens with zero attached hydrogens (tertiary/aromatic N) is 2. The van der Waals surface area contributed by atoms with Gasteiger partial charge in [0.25, 0.3) is 0 Å². The van der Waals surface area contributed by atoms with Crippen LogP contribution < -0.4 is 0 Å². The Morgan fingerprint density at radius 2 is 2.30 bits per heavy atom. The molecule has 0 saturated carbocycles. The summed E-state index contributed by atoms with van der Waals surface area (Å²) in [7, 11) is 1.62. The van der Waals surface area contributed by atoms with Gasteiger partial charge >= 0.3 is 5.97 Å². The standard InChI is InChI=1S/C15H20N2O3/c1-12(15(18)19)10-17(6-7-20-2)11-14-5-3-4-13(8-14)9-16/h3-5,8,12H,6-7,10-11H2,1-2H3,(H,18,19). The second-order valence-corrected chi connectivity index (χ2v) is 4.78. The normalized spacial score (nSPS) is 12.1. The summed E-state index contributed by atoms with van der Waals surface area (Å²) < 4.78 is 5.06. The second kappa shape index (κ2) is 8.31. The van der Waals surface area contributed by atoms with Crippen molar-refractivity contribution in [1.82, 2.24) is 4.90 Å². The Morgan fingerprint density at radius 1 is 1.55 bits per heavy atom. The molecule has 0 aromatic heterocycles. The van der Waals surface area contributed by atoms with Crippen LogP contribution in [0.2, 0.25) is 0 Å². The highest BCUT2D eigenvalue weighted by molar-refractivity contribution is 5.69. The molecule has 1 unspecified atom stereocenters. The third-order valence-corrected chi connectivity index (χ3v) is 3.03. The first-order valence-corrected chi connectivity index (χ1v) is 6.50. The molecule has 0 fully saturated rings. The van der Waals surface area contributed by atoms with Crippen LogP contribution in [0.3, 0.4) is 0 Å². The summed E-state index contributed by atoms with van der Waals surface area (Å²) in [6, 6.07) is 9.46. The molecule has 0 bridgehead atoms. The monoisotopic (exact) mass is 276 g/mol. The number of ether oxygens (including phenoxy) is 1. The summed E-state index contributed by atoms with van der Waals surface area (Å²) in [6.45, 7) is 3.95. The number of carboxylic acid groups (broad SMARTS) is 1. The van der Waals surface area contributed by atoms with Gasteiger partial charge in [-0.25, -0.2) is 0 Å². The molecule has 0 spiro atoms. The minimum Gasteiger partial charge on any atom is -0.481 e. The van der Waals surface area contributed by atoms with Crippen molar-refractivity contribution in [3.05, 3.63) is 35.4 Å². The molecular formula is C15H20N2O3. The molecule has 5 nitrogen and oxygen atoms in total. The van der Waals surface area contributed by atoms with Crippen molar-refractivity contribution in [3.63, 3.8) is 0 Å². The fourth-order valence-electron chi connectivity index (χ4n) is 1.92. The average Bonchev–Trinajstić information content (AvgIpc) is 2.44. The zero-order valence-electron chi connectivity index (χ0n) is 11.9. The lowest BCUT2D eigenvalue weighted by atomic mass is 10.1. The Kier molecular flexibility index (Phi) is 6.71. The molecule has 20 heavy (non-hydrogen) atoms. The molecule has 0 aliphatic rings. The first-order valence-electron chi connectivity index (χ1n) is 6.50. The number of benzene rings is 1. The lowest BCUT2D eigenvalue weighted by molar-refractivity contribution is -0.141. The van der Waals surface area contributed by atoms with Gasteiger partial charge in [-0.05, 0) is 17.7 Å². The number of nitriles is 1. The maximum atomic E-state index is 11.0. The topological polar surface area (TPSA) is 73.6 Å². The van der Waals surface area contributed by atoms with Crippen molar-refractivity contribution in [2.24, 2.45) is 5.92 Å². The fourth-order valence-corrected chi connectivity index (χ4v) is 1.92. The quantitative estimate of drug-likeness (QED) is 0.782. The van der Waals surface area contributed by atoms with Gasteiger partial charge in [0, 0.05) is 26.7 Å². The highest BCUT2D eigenvalue weighted by Gasteiger charge is 2.16. The summed E-state index contributed by atoms with van der Waals surface area (Å²) in [5.41, 5.74) is 1.61. The highest BCUT2D eigenvalue weighted by Crippen LogP contribution is 2.10. The lowest BCUT2D eigenvalue weighted by Gasteiger charge is -2.24. The van der Waals surface area contributed by atoms with Crippen LogP contribution in [0.4, 0.5) is 0 Å². The molecule has 5 heteroatoms. The molecule has 1 rings (SSSR count). The predicted molar refractivity (Wildman–Crippen MR) is 75.1 cm³/mol. The predicted octanol–water partition coefficient (Wildman–Crippen LogP) is 1.73. The van der Waals surface area contributed by atoms with Crippen molar-refractivity contribution in [3.8, 4) is 6.07 Å². The molecule has 1 atom stereocenters. The van der Waals surface area contributed by atoms with Gasteiger partial charge in [0.1, 0.15) is 0 Å². The number of carboxylic acids is 1. The summed E-state index contributed by atoms with van der Waals surface area (Å²) in [6.07, 6.45) is 0. The molecule has 1 aromatic rings. The van der Waals surface area contributed by atoms with E-state index >= 15 is 0 Å². The minimum absolute atomic E-state index is 0.439. The summed E-state index contributed by atoms with van der Waals surface area (Å²) in [4.78, 5) is 13.0. The van der Waals surface area contributed by atoms with Crippen LogP contribution in [0.25, 0.3) is 0 Å². The molecule has 0 saturated heterocycles. The minimum atomic E-state index is -0.807. The van der Waals surface area contributed by atoms with Crippen molar-refractivity contribution >= 4 is 5.97 Å². The molecule has 0 heterocycles. The van der Waals surface area contributed by atoms with E-state index in [9.17, 15) is 4.79 Å². The van der Waals surface area contributed by atoms with E-state index in [1.165, 1.54) is 0 Å². The number of carbonyl (C=O) groups is 1. The van der Waals surface area contributed by atoms with Gasteiger partial charge in [-0.1, -0.05) is 19.1 Å².